The molecule has 0 fully saturated rings. The Morgan fingerprint density at radius 2 is 1.81 bits per heavy atom. The van der Waals surface area contributed by atoms with E-state index in [1.54, 1.807) is 6.92 Å². The average Bonchev–Trinajstić information content (AvgIpc) is 2.45. The molecule has 0 aliphatic rings. The van der Waals surface area contributed by atoms with Gasteiger partial charge in [0, 0.05) is 12.1 Å². The predicted octanol–water partition coefficient (Wildman–Crippen LogP) is 0.623. The fourth-order valence-corrected chi connectivity index (χ4v) is 1.47. The first-order valence-electron chi connectivity index (χ1n) is 6.45. The van der Waals surface area contributed by atoms with Gasteiger partial charge in [0.2, 0.25) is 0 Å². The van der Waals surface area contributed by atoms with Crippen LogP contribution in [0, 0.1) is 5.82 Å². The quantitative estimate of drug-likeness (QED) is 0.754. The molecule has 114 valence electrons. The Bertz CT molecular complexity index is 516. The molecule has 1 rings (SSSR count). The molecule has 0 aromatic heterocycles. The van der Waals surface area contributed by atoms with E-state index in [9.17, 15) is 18.8 Å². The molecule has 7 heteroatoms. The van der Waals surface area contributed by atoms with Gasteiger partial charge < -0.3 is 15.4 Å². The van der Waals surface area contributed by atoms with Crippen molar-refractivity contribution in [2.45, 2.75) is 20.0 Å². The Kier molecular flexibility index (Phi) is 6.32. The summed E-state index contributed by atoms with van der Waals surface area (Å²) in [5, 5.41) is 4.83. The molecule has 0 heterocycles. The third-order valence-corrected chi connectivity index (χ3v) is 2.53. The van der Waals surface area contributed by atoms with Gasteiger partial charge in [0.25, 0.3) is 11.8 Å². The molecule has 0 unspecified atom stereocenters. The summed E-state index contributed by atoms with van der Waals surface area (Å²) in [5.41, 5.74) is 0.223. The topological polar surface area (TPSA) is 84.5 Å². The molecule has 0 radical (unpaired) electrons. The number of esters is 1. The van der Waals surface area contributed by atoms with E-state index < -0.39 is 29.7 Å². The molecule has 0 aliphatic carbocycles. The Labute approximate surface area is 121 Å². The molecule has 1 atom stereocenters. The highest BCUT2D eigenvalue weighted by molar-refractivity contribution is 5.96. The molecule has 2 N–H and O–H groups in total. The Morgan fingerprint density at radius 1 is 1.19 bits per heavy atom. The van der Waals surface area contributed by atoms with E-state index >= 15 is 0 Å². The minimum Gasteiger partial charge on any atom is -0.451 e. The van der Waals surface area contributed by atoms with Crippen LogP contribution in [0.15, 0.2) is 24.3 Å². The highest BCUT2D eigenvalue weighted by Crippen LogP contribution is 2.02. The van der Waals surface area contributed by atoms with Crippen molar-refractivity contribution < 1.29 is 23.5 Å². The largest absolute Gasteiger partial charge is 0.451 e. The van der Waals surface area contributed by atoms with Crippen molar-refractivity contribution in [3.63, 3.8) is 0 Å². The van der Waals surface area contributed by atoms with Crippen molar-refractivity contribution in [3.05, 3.63) is 35.6 Å². The summed E-state index contributed by atoms with van der Waals surface area (Å²) in [7, 11) is 0. The van der Waals surface area contributed by atoms with Gasteiger partial charge in [-0.2, -0.15) is 0 Å². The molecular formula is C14H17FN2O4. The van der Waals surface area contributed by atoms with Gasteiger partial charge in [-0.05, 0) is 38.1 Å². The predicted molar refractivity (Wildman–Crippen MR) is 73.0 cm³/mol. The smallest absolute Gasteiger partial charge is 0.326 e. The molecule has 2 amide bonds. The number of rotatable bonds is 6. The number of carbonyl (C=O) groups excluding carboxylic acids is 3. The maximum Gasteiger partial charge on any atom is 0.326 e. The minimum atomic E-state index is -0.930. The van der Waals surface area contributed by atoms with Crippen molar-refractivity contribution in [1.82, 2.24) is 10.6 Å². The van der Waals surface area contributed by atoms with Gasteiger partial charge in [-0.15, -0.1) is 0 Å². The highest BCUT2D eigenvalue weighted by atomic mass is 19.1. The van der Waals surface area contributed by atoms with Crippen LogP contribution in [0.5, 0.6) is 0 Å². The van der Waals surface area contributed by atoms with Gasteiger partial charge in [-0.3, -0.25) is 14.4 Å². The van der Waals surface area contributed by atoms with Gasteiger partial charge in [0.05, 0.1) is 0 Å². The monoisotopic (exact) mass is 296 g/mol. The molecule has 0 aliphatic heterocycles. The van der Waals surface area contributed by atoms with E-state index in [0.29, 0.717) is 6.54 Å². The number of likely N-dealkylation sites (N-methyl/N-ethyl adjacent to an activating group) is 1. The number of amides is 2. The van der Waals surface area contributed by atoms with Crippen LogP contribution in [0.3, 0.4) is 0 Å². The maximum atomic E-state index is 12.7. The third kappa shape index (κ3) is 5.60. The molecule has 21 heavy (non-hydrogen) atoms. The van der Waals surface area contributed by atoms with Crippen molar-refractivity contribution in [1.29, 1.82) is 0 Å². The van der Waals surface area contributed by atoms with Gasteiger partial charge in [-0.25, -0.2) is 4.39 Å². The molecule has 1 aromatic rings. The zero-order valence-corrected chi connectivity index (χ0v) is 11.8. The summed E-state index contributed by atoms with van der Waals surface area (Å²) in [6, 6.07) is 4.88. The number of halogens is 1. The Morgan fingerprint density at radius 3 is 2.38 bits per heavy atom. The highest BCUT2D eigenvalue weighted by Gasteiger charge is 2.17. The lowest BCUT2D eigenvalue weighted by atomic mass is 10.2. The van der Waals surface area contributed by atoms with Gasteiger partial charge in [0.15, 0.2) is 6.10 Å². The van der Waals surface area contributed by atoms with Gasteiger partial charge >= 0.3 is 5.97 Å². The third-order valence-electron chi connectivity index (χ3n) is 2.53. The second-order valence-corrected chi connectivity index (χ2v) is 4.22. The normalized spacial score (nSPS) is 11.4. The van der Waals surface area contributed by atoms with E-state index in [4.69, 9.17) is 4.74 Å². The van der Waals surface area contributed by atoms with Crippen LogP contribution in [-0.2, 0) is 14.3 Å². The van der Waals surface area contributed by atoms with Crippen molar-refractivity contribution in [3.8, 4) is 0 Å². The number of ether oxygens (including phenoxy) is 1. The molecule has 1 aromatic carbocycles. The lowest BCUT2D eigenvalue weighted by Gasteiger charge is -2.13. The summed E-state index contributed by atoms with van der Waals surface area (Å²) in [6.07, 6.45) is -0.930. The van der Waals surface area contributed by atoms with Crippen molar-refractivity contribution in [2.75, 3.05) is 13.1 Å². The second-order valence-electron chi connectivity index (χ2n) is 4.22. The van der Waals surface area contributed by atoms with E-state index in [-0.39, 0.29) is 12.1 Å². The zero-order chi connectivity index (χ0) is 15.8. The molecule has 0 saturated heterocycles. The van der Waals surface area contributed by atoms with Crippen molar-refractivity contribution in [2.24, 2.45) is 0 Å². The summed E-state index contributed by atoms with van der Waals surface area (Å²) in [4.78, 5) is 34.5. The van der Waals surface area contributed by atoms with Gasteiger partial charge in [0.1, 0.15) is 12.4 Å². The van der Waals surface area contributed by atoms with E-state index in [2.05, 4.69) is 10.6 Å². The number of hydrogen-bond acceptors (Lipinski definition) is 4. The first kappa shape index (κ1) is 16.6. The summed E-state index contributed by atoms with van der Waals surface area (Å²) in [6.45, 7) is 3.24. The Hall–Kier alpha value is -2.44. The van der Waals surface area contributed by atoms with Crippen LogP contribution < -0.4 is 10.6 Å². The molecule has 0 spiro atoms. The molecule has 0 bridgehead atoms. The van der Waals surface area contributed by atoms with Gasteiger partial charge in [-0.1, -0.05) is 0 Å². The van der Waals surface area contributed by atoms with Crippen LogP contribution >= 0.6 is 0 Å². The number of nitrogens with one attached hydrogen (secondary N) is 2. The number of hydrogen-bond donors (Lipinski definition) is 2. The first-order chi connectivity index (χ1) is 9.93. The summed E-state index contributed by atoms with van der Waals surface area (Å²) >= 11 is 0. The van der Waals surface area contributed by atoms with Crippen LogP contribution in [0.4, 0.5) is 4.39 Å². The van der Waals surface area contributed by atoms with Crippen LogP contribution in [0.25, 0.3) is 0 Å². The molecular weight excluding hydrogens is 279 g/mol. The fraction of sp³-hybridized carbons (Fsp3) is 0.357. The minimum absolute atomic E-state index is 0.223. The van der Waals surface area contributed by atoms with Crippen LogP contribution in [0.2, 0.25) is 0 Å². The van der Waals surface area contributed by atoms with E-state index in [1.165, 1.54) is 19.1 Å². The maximum absolute atomic E-state index is 12.7. The lowest BCUT2D eigenvalue weighted by Crippen LogP contribution is -2.38. The van der Waals surface area contributed by atoms with E-state index in [0.717, 1.165) is 12.1 Å². The standard InChI is InChI=1S/C14H17FN2O4/c1-3-16-13(19)9(2)21-12(18)8-17-14(20)10-4-6-11(15)7-5-10/h4-7,9H,3,8H2,1-2H3,(H,16,19)(H,17,20)/t9-/m0/s1. The van der Waals surface area contributed by atoms with E-state index in [1.807, 2.05) is 0 Å². The molecule has 0 saturated carbocycles. The lowest BCUT2D eigenvalue weighted by molar-refractivity contribution is -0.153. The first-order valence-corrected chi connectivity index (χ1v) is 6.45. The zero-order valence-electron chi connectivity index (χ0n) is 11.8. The number of carbonyl (C=O) groups is 3. The molecule has 6 nitrogen and oxygen atoms in total. The summed E-state index contributed by atoms with van der Waals surface area (Å²) < 4.78 is 17.5. The number of benzene rings is 1. The fourth-order valence-electron chi connectivity index (χ4n) is 1.47. The average molecular weight is 296 g/mol. The van der Waals surface area contributed by atoms with Crippen LogP contribution in [-0.4, -0.2) is 37.0 Å². The van der Waals surface area contributed by atoms with Crippen molar-refractivity contribution >= 4 is 17.8 Å². The Balaban J connectivity index is 2.40. The second kappa shape index (κ2) is 7.98. The van der Waals surface area contributed by atoms with Crippen LogP contribution in [0.1, 0.15) is 24.2 Å². The SMILES string of the molecule is CCNC(=O)[C@H](C)OC(=O)CNC(=O)c1ccc(F)cc1. The summed E-state index contributed by atoms with van der Waals surface area (Å²) in [5.74, 6) is -2.13.